The summed E-state index contributed by atoms with van der Waals surface area (Å²) in [6, 6.07) is 1.48. The van der Waals surface area contributed by atoms with Gasteiger partial charge in [-0.05, 0) is 87.8 Å². The van der Waals surface area contributed by atoms with Crippen LogP contribution in [0.5, 0.6) is 0 Å². The molecular formula is C22H28F4N2O3S. The van der Waals surface area contributed by atoms with Gasteiger partial charge in [-0.25, -0.2) is 17.5 Å². The van der Waals surface area contributed by atoms with Gasteiger partial charge in [0.25, 0.3) is 0 Å². The van der Waals surface area contributed by atoms with Gasteiger partial charge in [0, 0.05) is 18.0 Å². The Kier molecular flexibility index (Phi) is 5.85. The van der Waals surface area contributed by atoms with Crippen molar-refractivity contribution in [2.75, 3.05) is 0 Å². The number of benzene rings is 1. The highest BCUT2D eigenvalue weighted by Gasteiger charge is 2.49. The van der Waals surface area contributed by atoms with E-state index in [4.69, 9.17) is 0 Å². The highest BCUT2D eigenvalue weighted by Crippen LogP contribution is 2.53. The number of hydrogen-bond donors (Lipinski definition) is 2. The fraction of sp³-hybridized carbons (Fsp3) is 0.682. The van der Waals surface area contributed by atoms with Crippen LogP contribution < -0.4 is 10.0 Å². The Balaban J connectivity index is 1.44. The van der Waals surface area contributed by atoms with Crippen LogP contribution in [0.2, 0.25) is 0 Å². The van der Waals surface area contributed by atoms with Gasteiger partial charge >= 0.3 is 6.18 Å². The van der Waals surface area contributed by atoms with Gasteiger partial charge in [0.15, 0.2) is 0 Å². The molecule has 32 heavy (non-hydrogen) atoms. The van der Waals surface area contributed by atoms with Gasteiger partial charge in [0.1, 0.15) is 5.82 Å². The minimum atomic E-state index is -5.05. The van der Waals surface area contributed by atoms with Crippen LogP contribution >= 0.6 is 0 Å². The first-order valence-corrected chi connectivity index (χ1v) is 12.4. The van der Waals surface area contributed by atoms with Crippen LogP contribution in [0.3, 0.4) is 0 Å². The van der Waals surface area contributed by atoms with Crippen LogP contribution in [0, 0.1) is 29.5 Å². The Bertz CT molecular complexity index is 979. The maximum absolute atomic E-state index is 13.4. The van der Waals surface area contributed by atoms with Gasteiger partial charge in [-0.1, -0.05) is 0 Å². The van der Waals surface area contributed by atoms with Crippen molar-refractivity contribution < 1.29 is 30.8 Å². The summed E-state index contributed by atoms with van der Waals surface area (Å²) in [4.78, 5) is 11.7. The van der Waals surface area contributed by atoms with Crippen LogP contribution in [-0.4, -0.2) is 25.9 Å². The Morgan fingerprint density at radius 3 is 2.12 bits per heavy atom. The lowest BCUT2D eigenvalue weighted by Crippen LogP contribution is -2.57. The fourth-order valence-corrected chi connectivity index (χ4v) is 7.83. The zero-order valence-electron chi connectivity index (χ0n) is 18.0. The van der Waals surface area contributed by atoms with E-state index in [2.05, 4.69) is 10.0 Å². The molecule has 4 fully saturated rings. The highest BCUT2D eigenvalue weighted by molar-refractivity contribution is 7.89. The summed E-state index contributed by atoms with van der Waals surface area (Å²) < 4.78 is 80.9. The van der Waals surface area contributed by atoms with E-state index in [1.807, 2.05) is 0 Å². The smallest absolute Gasteiger partial charge is 0.353 e. The van der Waals surface area contributed by atoms with E-state index in [0.717, 1.165) is 37.5 Å². The number of sulfonamides is 1. The predicted molar refractivity (Wildman–Crippen MR) is 109 cm³/mol. The predicted octanol–water partition coefficient (Wildman–Crippen LogP) is 4.23. The molecule has 10 heteroatoms. The van der Waals surface area contributed by atoms with Gasteiger partial charge in [0.2, 0.25) is 15.9 Å². The Morgan fingerprint density at radius 1 is 1.03 bits per heavy atom. The van der Waals surface area contributed by atoms with Gasteiger partial charge in [-0.3, -0.25) is 4.79 Å². The number of nitrogens with one attached hydrogen (secondary N) is 2. The summed E-state index contributed by atoms with van der Waals surface area (Å²) >= 11 is 0. The van der Waals surface area contributed by atoms with Gasteiger partial charge in [-0.2, -0.15) is 13.2 Å². The third-order valence-corrected chi connectivity index (χ3v) is 8.86. The second-order valence-corrected chi connectivity index (χ2v) is 12.0. The molecule has 0 heterocycles. The zero-order valence-corrected chi connectivity index (χ0v) is 18.8. The quantitative estimate of drug-likeness (QED) is 0.604. The molecule has 1 aromatic carbocycles. The summed E-state index contributed by atoms with van der Waals surface area (Å²) in [6.45, 7) is 2.88. The van der Waals surface area contributed by atoms with Crippen molar-refractivity contribution in [2.24, 2.45) is 23.7 Å². The van der Waals surface area contributed by atoms with Crippen LogP contribution in [0.15, 0.2) is 23.1 Å². The minimum absolute atomic E-state index is 0.0802. The number of amides is 1. The lowest BCUT2D eigenvalue weighted by molar-refractivity contribution is -0.140. The second kappa shape index (κ2) is 7.97. The van der Waals surface area contributed by atoms with E-state index in [0.29, 0.717) is 24.0 Å². The molecule has 4 bridgehead atoms. The standard InChI is InChI=1S/C22H28F4N2O3S/c1-21(2,28-32(30,31)18-4-3-16(23)10-17(18)22(24,25)26)11-19(29)27-20-14-6-12-5-13(8-14)9-15(20)7-12/h3-4,10,12-15,20,28H,5-9,11H2,1-2H3,(H,27,29). The van der Waals surface area contributed by atoms with Crippen LogP contribution in [0.25, 0.3) is 0 Å². The molecule has 5 rings (SSSR count). The molecule has 5 nitrogen and oxygen atoms in total. The van der Waals surface area contributed by atoms with Crippen molar-refractivity contribution in [1.29, 1.82) is 0 Å². The molecule has 0 unspecified atom stereocenters. The van der Waals surface area contributed by atoms with E-state index in [1.54, 1.807) is 0 Å². The number of carbonyl (C=O) groups is 1. The van der Waals surface area contributed by atoms with E-state index >= 15 is 0 Å². The molecule has 0 saturated heterocycles. The third kappa shape index (κ3) is 4.81. The molecule has 1 aromatic rings. The zero-order chi connectivity index (χ0) is 23.5. The molecule has 178 valence electrons. The molecule has 0 spiro atoms. The van der Waals surface area contributed by atoms with Gasteiger partial charge < -0.3 is 5.32 Å². The number of carbonyl (C=O) groups excluding carboxylic acids is 1. The molecule has 0 aromatic heterocycles. The molecule has 4 aliphatic carbocycles. The molecule has 0 atom stereocenters. The van der Waals surface area contributed by atoms with E-state index in [-0.39, 0.29) is 24.4 Å². The summed E-state index contributed by atoms with van der Waals surface area (Å²) in [5.41, 5.74) is -2.93. The summed E-state index contributed by atoms with van der Waals surface area (Å²) in [5, 5.41) is 3.08. The average molecular weight is 477 g/mol. The number of alkyl halides is 3. The van der Waals surface area contributed by atoms with Crippen molar-refractivity contribution in [3.8, 4) is 0 Å². The average Bonchev–Trinajstić information content (AvgIpc) is 2.61. The van der Waals surface area contributed by atoms with Gasteiger partial charge in [0.05, 0.1) is 10.5 Å². The van der Waals surface area contributed by atoms with Crippen molar-refractivity contribution >= 4 is 15.9 Å². The van der Waals surface area contributed by atoms with E-state index in [1.165, 1.54) is 20.3 Å². The molecule has 4 saturated carbocycles. The summed E-state index contributed by atoms with van der Waals surface area (Å²) in [5.74, 6) is 0.864. The second-order valence-electron chi connectivity index (χ2n) is 10.3. The fourth-order valence-electron chi connectivity index (χ4n) is 6.21. The third-order valence-electron chi connectivity index (χ3n) is 7.10. The van der Waals surface area contributed by atoms with Crippen LogP contribution in [0.1, 0.15) is 57.9 Å². The summed E-state index contributed by atoms with van der Waals surface area (Å²) in [7, 11) is -4.66. The lowest BCUT2D eigenvalue weighted by atomic mass is 9.54. The SMILES string of the molecule is CC(C)(CC(=O)NC1C2CC3CC(C2)CC1C3)NS(=O)(=O)c1ccc(F)cc1C(F)(F)F. The first-order chi connectivity index (χ1) is 14.7. The molecule has 0 radical (unpaired) electrons. The number of halogens is 4. The van der Waals surface area contributed by atoms with Crippen molar-refractivity contribution in [2.45, 2.75) is 75.0 Å². The number of rotatable bonds is 6. The van der Waals surface area contributed by atoms with Crippen LogP contribution in [-0.2, 0) is 21.0 Å². The minimum Gasteiger partial charge on any atom is -0.353 e. The Morgan fingerprint density at radius 2 is 1.59 bits per heavy atom. The molecule has 2 N–H and O–H groups in total. The van der Waals surface area contributed by atoms with Gasteiger partial charge in [-0.15, -0.1) is 0 Å². The Labute approximate surface area is 185 Å². The van der Waals surface area contributed by atoms with Crippen molar-refractivity contribution in [1.82, 2.24) is 10.0 Å². The molecule has 1 amide bonds. The van der Waals surface area contributed by atoms with Crippen molar-refractivity contribution in [3.05, 3.63) is 29.6 Å². The first kappa shape index (κ1) is 23.5. The maximum atomic E-state index is 13.4. The highest BCUT2D eigenvalue weighted by atomic mass is 32.2. The first-order valence-electron chi connectivity index (χ1n) is 10.9. The molecular weight excluding hydrogens is 448 g/mol. The largest absolute Gasteiger partial charge is 0.417 e. The molecule has 0 aliphatic heterocycles. The van der Waals surface area contributed by atoms with Crippen molar-refractivity contribution in [3.63, 3.8) is 0 Å². The maximum Gasteiger partial charge on any atom is 0.417 e. The topological polar surface area (TPSA) is 75.3 Å². The summed E-state index contributed by atoms with van der Waals surface area (Å²) in [6.07, 6.45) is 0.450. The molecule has 4 aliphatic rings. The lowest BCUT2D eigenvalue weighted by Gasteiger charge is -2.54. The Hall–Kier alpha value is -1.68. The number of hydrogen-bond acceptors (Lipinski definition) is 3. The van der Waals surface area contributed by atoms with E-state index < -0.39 is 38.0 Å². The van der Waals surface area contributed by atoms with Crippen LogP contribution in [0.4, 0.5) is 17.6 Å². The van der Waals surface area contributed by atoms with E-state index in [9.17, 15) is 30.8 Å². The monoisotopic (exact) mass is 476 g/mol. The normalized spacial score (nSPS) is 29.9.